The summed E-state index contributed by atoms with van der Waals surface area (Å²) in [6, 6.07) is 0. The van der Waals surface area contributed by atoms with Gasteiger partial charge in [-0.05, 0) is 26.2 Å². The van der Waals surface area contributed by atoms with Crippen molar-refractivity contribution >= 4 is 17.5 Å². The number of rotatable bonds is 10. The molecule has 0 spiro atoms. The molecule has 0 aromatic rings. The topological polar surface area (TPSA) is 17.1 Å². The average molecular weight is 244 g/mol. The van der Waals surface area contributed by atoms with E-state index in [0.717, 1.165) is 18.1 Å². The van der Waals surface area contributed by atoms with E-state index in [1.54, 1.807) is 6.92 Å². The number of thioether (sulfide) groups is 1. The van der Waals surface area contributed by atoms with Gasteiger partial charge in [0.25, 0.3) is 0 Å². The Balaban J connectivity index is 3.81. The predicted molar refractivity (Wildman–Crippen MR) is 75.2 cm³/mol. The minimum atomic E-state index is 0.327. The van der Waals surface area contributed by atoms with Crippen LogP contribution in [0.15, 0.2) is 0 Å². The number of hydrogen-bond acceptors (Lipinski definition) is 2. The van der Waals surface area contributed by atoms with Crippen LogP contribution in [-0.4, -0.2) is 16.3 Å². The van der Waals surface area contributed by atoms with Crippen molar-refractivity contribution in [2.75, 3.05) is 0 Å². The molecule has 0 saturated carbocycles. The summed E-state index contributed by atoms with van der Waals surface area (Å²) in [5, 5.41) is 1.45. The Morgan fingerprint density at radius 2 is 1.81 bits per heavy atom. The summed E-state index contributed by atoms with van der Waals surface area (Å²) in [6.45, 7) is 8.48. The van der Waals surface area contributed by atoms with E-state index in [2.05, 4.69) is 32.5 Å². The summed E-state index contributed by atoms with van der Waals surface area (Å²) in [7, 11) is 0. The molecule has 2 atom stereocenters. The minimum absolute atomic E-state index is 0.327. The maximum atomic E-state index is 10.9. The summed E-state index contributed by atoms with van der Waals surface area (Å²) < 4.78 is 0. The van der Waals surface area contributed by atoms with Gasteiger partial charge >= 0.3 is 0 Å². The van der Waals surface area contributed by atoms with Gasteiger partial charge in [-0.25, -0.2) is 0 Å². The van der Waals surface area contributed by atoms with Crippen LogP contribution < -0.4 is 0 Å². The number of hydrogen-bond donors (Lipinski definition) is 0. The summed E-state index contributed by atoms with van der Waals surface area (Å²) in [5.41, 5.74) is 0. The Morgan fingerprint density at radius 1 is 1.12 bits per heavy atom. The normalized spacial score (nSPS) is 14.8. The first kappa shape index (κ1) is 16.0. The number of unbranched alkanes of at least 4 members (excludes halogenated alkanes) is 1. The number of carbonyl (C=O) groups excluding carboxylic acids is 1. The van der Waals surface area contributed by atoms with Crippen molar-refractivity contribution in [2.24, 2.45) is 0 Å². The SMILES string of the molecule is CCCCC(CCC)SC(C)CCC(C)=O. The molecule has 0 N–H and O–H groups in total. The lowest BCUT2D eigenvalue weighted by molar-refractivity contribution is -0.117. The molecule has 0 bridgehead atoms. The molecule has 0 aromatic heterocycles. The molecular weight excluding hydrogens is 216 g/mol. The second-order valence-electron chi connectivity index (χ2n) is 4.74. The molecule has 16 heavy (non-hydrogen) atoms. The first-order chi connectivity index (χ1) is 7.60. The van der Waals surface area contributed by atoms with E-state index in [4.69, 9.17) is 0 Å². The molecule has 0 aliphatic carbocycles. The molecule has 2 heteroatoms. The smallest absolute Gasteiger partial charge is 0.129 e. The zero-order chi connectivity index (χ0) is 12.4. The van der Waals surface area contributed by atoms with Crippen molar-refractivity contribution in [3.05, 3.63) is 0 Å². The largest absolute Gasteiger partial charge is 0.300 e. The molecule has 0 aromatic carbocycles. The van der Waals surface area contributed by atoms with Crippen molar-refractivity contribution in [2.45, 2.75) is 83.1 Å². The van der Waals surface area contributed by atoms with Crippen molar-refractivity contribution < 1.29 is 4.79 Å². The lowest BCUT2D eigenvalue weighted by atomic mass is 10.1. The van der Waals surface area contributed by atoms with E-state index >= 15 is 0 Å². The summed E-state index contributed by atoms with van der Waals surface area (Å²) in [6.07, 6.45) is 8.39. The maximum Gasteiger partial charge on any atom is 0.129 e. The van der Waals surface area contributed by atoms with Gasteiger partial charge in [0.1, 0.15) is 5.78 Å². The van der Waals surface area contributed by atoms with Gasteiger partial charge in [0.05, 0.1) is 0 Å². The third kappa shape index (κ3) is 9.26. The van der Waals surface area contributed by atoms with Crippen LogP contribution in [0.3, 0.4) is 0 Å². The van der Waals surface area contributed by atoms with E-state index in [-0.39, 0.29) is 0 Å². The zero-order valence-corrected chi connectivity index (χ0v) is 12.2. The van der Waals surface area contributed by atoms with Gasteiger partial charge in [0.15, 0.2) is 0 Å². The number of carbonyl (C=O) groups is 1. The van der Waals surface area contributed by atoms with Crippen LogP contribution in [0.4, 0.5) is 0 Å². The molecule has 0 rings (SSSR count). The fourth-order valence-corrected chi connectivity index (χ4v) is 3.42. The first-order valence-electron chi connectivity index (χ1n) is 6.75. The Morgan fingerprint density at radius 3 is 2.31 bits per heavy atom. The molecule has 0 aliphatic rings. The van der Waals surface area contributed by atoms with Crippen molar-refractivity contribution in [3.8, 4) is 0 Å². The second kappa shape index (κ2) is 10.2. The standard InChI is InChI=1S/C14H28OS/c1-5-7-9-14(8-6-2)16-13(4)11-10-12(3)15/h13-14H,5-11H2,1-4H3. The molecule has 1 nitrogen and oxygen atoms in total. The monoisotopic (exact) mass is 244 g/mol. The Kier molecular flexibility index (Phi) is 10.2. The Labute approximate surface area is 106 Å². The van der Waals surface area contributed by atoms with Crippen LogP contribution in [0.1, 0.15) is 72.6 Å². The molecule has 0 aliphatic heterocycles. The van der Waals surface area contributed by atoms with Gasteiger partial charge in [-0.15, -0.1) is 0 Å². The van der Waals surface area contributed by atoms with Gasteiger partial charge < -0.3 is 4.79 Å². The Bertz CT molecular complexity index is 180. The van der Waals surface area contributed by atoms with Gasteiger partial charge in [0, 0.05) is 16.9 Å². The minimum Gasteiger partial charge on any atom is -0.300 e. The van der Waals surface area contributed by atoms with E-state index < -0.39 is 0 Å². The van der Waals surface area contributed by atoms with Crippen LogP contribution in [-0.2, 0) is 4.79 Å². The van der Waals surface area contributed by atoms with E-state index in [1.165, 1.54) is 32.1 Å². The maximum absolute atomic E-state index is 10.9. The highest BCUT2D eigenvalue weighted by atomic mass is 32.2. The highest BCUT2D eigenvalue weighted by Gasteiger charge is 2.13. The fourth-order valence-electron chi connectivity index (χ4n) is 1.84. The first-order valence-corrected chi connectivity index (χ1v) is 7.69. The third-order valence-corrected chi connectivity index (χ3v) is 4.37. The van der Waals surface area contributed by atoms with Gasteiger partial charge in [-0.2, -0.15) is 11.8 Å². The van der Waals surface area contributed by atoms with Crippen molar-refractivity contribution in [1.29, 1.82) is 0 Å². The van der Waals surface area contributed by atoms with Gasteiger partial charge in [-0.1, -0.05) is 40.0 Å². The molecule has 0 amide bonds. The molecular formula is C14H28OS. The van der Waals surface area contributed by atoms with Crippen LogP contribution in [0.5, 0.6) is 0 Å². The highest BCUT2D eigenvalue weighted by molar-refractivity contribution is 8.00. The lowest BCUT2D eigenvalue weighted by Gasteiger charge is -2.20. The molecule has 0 heterocycles. The summed E-state index contributed by atoms with van der Waals surface area (Å²) in [4.78, 5) is 10.9. The van der Waals surface area contributed by atoms with Crippen LogP contribution >= 0.6 is 11.8 Å². The third-order valence-electron chi connectivity index (χ3n) is 2.82. The summed E-state index contributed by atoms with van der Waals surface area (Å²) >= 11 is 2.10. The van der Waals surface area contributed by atoms with Crippen LogP contribution in [0.25, 0.3) is 0 Å². The van der Waals surface area contributed by atoms with Gasteiger partial charge in [-0.3, -0.25) is 0 Å². The summed E-state index contributed by atoms with van der Waals surface area (Å²) in [5.74, 6) is 0.327. The van der Waals surface area contributed by atoms with Crippen LogP contribution in [0, 0.1) is 0 Å². The molecule has 0 saturated heterocycles. The van der Waals surface area contributed by atoms with Crippen molar-refractivity contribution in [3.63, 3.8) is 0 Å². The molecule has 96 valence electrons. The molecule has 0 radical (unpaired) electrons. The predicted octanol–water partition coefficient (Wildman–Crippen LogP) is 4.84. The zero-order valence-electron chi connectivity index (χ0n) is 11.4. The lowest BCUT2D eigenvalue weighted by Crippen LogP contribution is -2.09. The highest BCUT2D eigenvalue weighted by Crippen LogP contribution is 2.28. The number of ketones is 1. The van der Waals surface area contributed by atoms with E-state index in [0.29, 0.717) is 11.0 Å². The Hall–Kier alpha value is 0.0200. The number of Topliss-reactive ketones (excluding diaryl/α,β-unsaturated/α-hetero) is 1. The molecule has 2 unspecified atom stereocenters. The quantitative estimate of drug-likeness (QED) is 0.547. The van der Waals surface area contributed by atoms with Gasteiger partial charge in [0.2, 0.25) is 0 Å². The fraction of sp³-hybridized carbons (Fsp3) is 0.929. The average Bonchev–Trinajstić information content (AvgIpc) is 2.23. The van der Waals surface area contributed by atoms with E-state index in [1.807, 2.05) is 0 Å². The van der Waals surface area contributed by atoms with Crippen LogP contribution in [0.2, 0.25) is 0 Å². The second-order valence-corrected chi connectivity index (χ2v) is 6.48. The molecule has 0 fully saturated rings. The van der Waals surface area contributed by atoms with Crippen molar-refractivity contribution in [1.82, 2.24) is 0 Å². The van der Waals surface area contributed by atoms with E-state index in [9.17, 15) is 4.79 Å².